The lowest BCUT2D eigenvalue weighted by Gasteiger charge is -2.33. The molecule has 3 amide bonds. The highest BCUT2D eigenvalue weighted by molar-refractivity contribution is 5.81. The minimum atomic E-state index is -0.595. The number of nitrogens with zero attached hydrogens (tertiary/aromatic N) is 1. The first-order valence-corrected chi connectivity index (χ1v) is 9.28. The van der Waals surface area contributed by atoms with E-state index in [1.807, 2.05) is 4.90 Å². The van der Waals surface area contributed by atoms with E-state index in [-0.39, 0.29) is 23.4 Å². The fraction of sp³-hybridized carbons (Fsp3) is 0.579. The molecule has 1 unspecified atom stereocenters. The van der Waals surface area contributed by atoms with Crippen molar-refractivity contribution in [2.75, 3.05) is 13.1 Å². The van der Waals surface area contributed by atoms with Crippen LogP contribution in [0.25, 0.3) is 0 Å². The molecule has 1 heterocycles. The van der Waals surface area contributed by atoms with Gasteiger partial charge in [0.1, 0.15) is 11.6 Å². The van der Waals surface area contributed by atoms with Crippen molar-refractivity contribution in [1.82, 2.24) is 15.5 Å². The second-order valence-corrected chi connectivity index (χ2v) is 7.12. The summed E-state index contributed by atoms with van der Waals surface area (Å²) in [5.41, 5.74) is 0.146. The number of rotatable bonds is 5. The molecule has 1 aromatic rings. The largest absolute Gasteiger partial charge is 0.342 e. The van der Waals surface area contributed by atoms with Gasteiger partial charge < -0.3 is 15.5 Å². The van der Waals surface area contributed by atoms with Gasteiger partial charge in [-0.15, -0.1) is 0 Å². The smallest absolute Gasteiger partial charge is 0.315 e. The first kappa shape index (κ1) is 18.6. The number of halogens is 2. The number of carbonyl (C=O) groups excluding carboxylic acids is 2. The van der Waals surface area contributed by atoms with E-state index < -0.39 is 23.7 Å². The Morgan fingerprint density at radius 1 is 1.19 bits per heavy atom. The van der Waals surface area contributed by atoms with Crippen molar-refractivity contribution in [1.29, 1.82) is 0 Å². The lowest BCUT2D eigenvalue weighted by atomic mass is 10.0. The first-order chi connectivity index (χ1) is 12.5. The van der Waals surface area contributed by atoms with Gasteiger partial charge in [0, 0.05) is 30.6 Å². The minimum Gasteiger partial charge on any atom is -0.342 e. The van der Waals surface area contributed by atoms with Gasteiger partial charge >= 0.3 is 6.03 Å². The maximum absolute atomic E-state index is 13.9. The highest BCUT2D eigenvalue weighted by atomic mass is 19.1. The fourth-order valence-corrected chi connectivity index (χ4v) is 3.40. The molecule has 0 aromatic heterocycles. The summed E-state index contributed by atoms with van der Waals surface area (Å²) >= 11 is 0. The van der Waals surface area contributed by atoms with Crippen LogP contribution in [0.15, 0.2) is 18.2 Å². The molecule has 1 aliphatic carbocycles. The van der Waals surface area contributed by atoms with Gasteiger partial charge in [-0.3, -0.25) is 4.79 Å². The second kappa shape index (κ2) is 8.01. The molecule has 1 saturated carbocycles. The number of amides is 3. The molecular formula is C19H25F2N3O2. The van der Waals surface area contributed by atoms with Gasteiger partial charge in [-0.2, -0.15) is 0 Å². The Kier molecular flexibility index (Phi) is 5.74. The number of hydrogen-bond donors (Lipinski definition) is 2. The third kappa shape index (κ3) is 4.51. The highest BCUT2D eigenvalue weighted by Crippen LogP contribution is 2.31. The van der Waals surface area contributed by atoms with E-state index in [0.717, 1.165) is 31.0 Å². The average molecular weight is 365 g/mol. The van der Waals surface area contributed by atoms with Gasteiger partial charge in [0.05, 0.1) is 6.04 Å². The van der Waals surface area contributed by atoms with Gasteiger partial charge in [0.15, 0.2) is 0 Å². The summed E-state index contributed by atoms with van der Waals surface area (Å²) in [6.07, 6.45) is 3.85. The van der Waals surface area contributed by atoms with Crippen LogP contribution >= 0.6 is 0 Å². The Hall–Kier alpha value is -2.18. The lowest BCUT2D eigenvalue weighted by molar-refractivity contribution is -0.133. The van der Waals surface area contributed by atoms with Crippen LogP contribution in [0.2, 0.25) is 0 Å². The van der Waals surface area contributed by atoms with E-state index in [4.69, 9.17) is 0 Å². The lowest BCUT2D eigenvalue weighted by Crippen LogP contribution is -2.49. The Balaban J connectivity index is 1.50. The van der Waals surface area contributed by atoms with E-state index in [2.05, 4.69) is 10.6 Å². The Morgan fingerprint density at radius 3 is 2.50 bits per heavy atom. The molecule has 142 valence electrons. The first-order valence-electron chi connectivity index (χ1n) is 9.28. The van der Waals surface area contributed by atoms with Crippen molar-refractivity contribution < 1.29 is 18.4 Å². The molecule has 2 aliphatic rings. The summed E-state index contributed by atoms with van der Waals surface area (Å²) in [6, 6.07) is 2.23. The zero-order valence-corrected chi connectivity index (χ0v) is 14.9. The number of carbonyl (C=O) groups is 2. The number of hydrogen-bond acceptors (Lipinski definition) is 2. The van der Waals surface area contributed by atoms with Crippen LogP contribution in [0.4, 0.5) is 13.6 Å². The van der Waals surface area contributed by atoms with Crippen molar-refractivity contribution in [2.24, 2.45) is 5.92 Å². The number of nitrogens with one attached hydrogen (secondary N) is 2. The zero-order valence-electron chi connectivity index (χ0n) is 14.9. The van der Waals surface area contributed by atoms with Crippen LogP contribution in [0, 0.1) is 17.6 Å². The molecule has 1 aromatic carbocycles. The van der Waals surface area contributed by atoms with Gasteiger partial charge in [0.25, 0.3) is 0 Å². The summed E-state index contributed by atoms with van der Waals surface area (Å²) in [5, 5.41) is 5.61. The molecule has 0 radical (unpaired) electrons. The molecule has 2 N–H and O–H groups in total. The average Bonchev–Trinajstić information content (AvgIpc) is 3.47. The molecule has 0 spiro atoms. The molecular weight excluding hydrogens is 340 g/mol. The van der Waals surface area contributed by atoms with Crippen LogP contribution in [0.1, 0.15) is 50.6 Å². The molecule has 3 rings (SSSR count). The highest BCUT2D eigenvalue weighted by Gasteiger charge is 2.35. The molecule has 0 bridgehead atoms. The third-order valence-corrected chi connectivity index (χ3v) is 5.12. The summed E-state index contributed by atoms with van der Waals surface area (Å²) in [6.45, 7) is 3.10. The van der Waals surface area contributed by atoms with Crippen molar-refractivity contribution in [2.45, 2.75) is 51.1 Å². The number of likely N-dealkylation sites (tertiary alicyclic amines) is 1. The van der Waals surface area contributed by atoms with Crippen molar-refractivity contribution in [3.8, 4) is 0 Å². The van der Waals surface area contributed by atoms with E-state index in [1.54, 1.807) is 6.92 Å². The van der Waals surface area contributed by atoms with Gasteiger partial charge in [0.2, 0.25) is 5.91 Å². The van der Waals surface area contributed by atoms with Crippen molar-refractivity contribution in [3.63, 3.8) is 0 Å². The van der Waals surface area contributed by atoms with E-state index in [1.165, 1.54) is 0 Å². The predicted octanol–water partition coefficient (Wildman–Crippen LogP) is 3.12. The normalized spacial score (nSPS) is 19.1. The number of piperidine rings is 1. The molecule has 1 saturated heterocycles. The van der Waals surface area contributed by atoms with Crippen LogP contribution in [-0.2, 0) is 4.79 Å². The van der Waals surface area contributed by atoms with Crippen LogP contribution < -0.4 is 10.6 Å². The molecule has 2 fully saturated rings. The van der Waals surface area contributed by atoms with Crippen LogP contribution in [0.5, 0.6) is 0 Å². The quantitative estimate of drug-likeness (QED) is 0.842. The van der Waals surface area contributed by atoms with E-state index in [0.29, 0.717) is 32.4 Å². The van der Waals surface area contributed by atoms with Crippen LogP contribution in [0.3, 0.4) is 0 Å². The monoisotopic (exact) mass is 365 g/mol. The summed E-state index contributed by atoms with van der Waals surface area (Å²) in [4.78, 5) is 26.2. The Labute approximate surface area is 152 Å². The SMILES string of the molecule is CCC(NC(=O)NC1CCN(C(=O)C2CC2)CC1)c1cc(F)ccc1F. The van der Waals surface area contributed by atoms with Crippen LogP contribution in [-0.4, -0.2) is 36.0 Å². The molecule has 1 aliphatic heterocycles. The predicted molar refractivity (Wildman–Crippen MR) is 93.4 cm³/mol. The fourth-order valence-electron chi connectivity index (χ4n) is 3.40. The number of urea groups is 1. The van der Waals surface area contributed by atoms with Crippen molar-refractivity contribution in [3.05, 3.63) is 35.4 Å². The maximum Gasteiger partial charge on any atom is 0.315 e. The van der Waals surface area contributed by atoms with E-state index in [9.17, 15) is 18.4 Å². The third-order valence-electron chi connectivity index (χ3n) is 5.12. The summed E-state index contributed by atoms with van der Waals surface area (Å²) < 4.78 is 27.3. The molecule has 5 nitrogen and oxygen atoms in total. The Bertz CT molecular complexity index is 671. The van der Waals surface area contributed by atoms with Gasteiger partial charge in [-0.05, 0) is 50.3 Å². The topological polar surface area (TPSA) is 61.4 Å². The minimum absolute atomic E-state index is 0.0203. The second-order valence-electron chi connectivity index (χ2n) is 7.12. The van der Waals surface area contributed by atoms with Gasteiger partial charge in [-0.1, -0.05) is 6.92 Å². The number of benzene rings is 1. The summed E-state index contributed by atoms with van der Waals surface area (Å²) in [5.74, 6) is -0.616. The molecule has 1 atom stereocenters. The standard InChI is InChI=1S/C19H25F2N3O2/c1-2-17(15-11-13(20)5-6-16(15)21)23-19(26)22-14-7-9-24(10-8-14)18(25)12-3-4-12/h5-6,11-12,14,17H,2-4,7-10H2,1H3,(H2,22,23,26). The summed E-state index contributed by atoms with van der Waals surface area (Å²) in [7, 11) is 0. The van der Waals surface area contributed by atoms with E-state index >= 15 is 0 Å². The zero-order chi connectivity index (χ0) is 18.7. The van der Waals surface area contributed by atoms with Gasteiger partial charge in [-0.25, -0.2) is 13.6 Å². The Morgan fingerprint density at radius 2 is 1.88 bits per heavy atom. The molecule has 7 heteroatoms. The van der Waals surface area contributed by atoms with Crippen molar-refractivity contribution >= 4 is 11.9 Å². The maximum atomic E-state index is 13.9. The molecule has 26 heavy (non-hydrogen) atoms.